The van der Waals surface area contributed by atoms with Gasteiger partial charge in [0.15, 0.2) is 11.6 Å². The van der Waals surface area contributed by atoms with Crippen LogP contribution in [0.4, 0.5) is 17.5 Å². The Morgan fingerprint density at radius 2 is 2.12 bits per heavy atom. The van der Waals surface area contributed by atoms with E-state index in [0.29, 0.717) is 30.2 Å². The van der Waals surface area contributed by atoms with E-state index in [-0.39, 0.29) is 7.47 Å². The number of nitrogens with one attached hydrogen (secondary N) is 1. The molecular formula is C24H32N6O2. The fourth-order valence-corrected chi connectivity index (χ4v) is 4.16. The molecular weight excluding hydrogens is 404 g/mol. The zero-order valence-corrected chi connectivity index (χ0v) is 18.7. The Labute approximate surface area is 190 Å². The topological polar surface area (TPSA) is 75.6 Å². The maximum Gasteiger partial charge on any atom is 0.225 e. The molecule has 0 amide bonds. The van der Waals surface area contributed by atoms with Gasteiger partial charge in [-0.1, -0.05) is 31.4 Å². The highest BCUT2D eigenvalue weighted by Crippen LogP contribution is 2.33. The molecule has 0 radical (unpaired) electrons. The summed E-state index contributed by atoms with van der Waals surface area (Å²) in [7, 11) is 3.66. The molecule has 8 heteroatoms. The van der Waals surface area contributed by atoms with Crippen molar-refractivity contribution in [1.29, 1.82) is 0 Å². The maximum atomic E-state index is 5.92. The van der Waals surface area contributed by atoms with Crippen molar-refractivity contribution in [2.45, 2.75) is 24.9 Å². The molecule has 0 aromatic carbocycles. The first kappa shape index (κ1) is 21.7. The van der Waals surface area contributed by atoms with Crippen LogP contribution < -0.4 is 24.6 Å². The second kappa shape index (κ2) is 9.72. The number of pyridine rings is 1. The molecule has 1 unspecified atom stereocenters. The maximum absolute atomic E-state index is 5.92. The number of fused-ring (bicyclic) bond motifs is 1. The van der Waals surface area contributed by atoms with Crippen LogP contribution in [-0.4, -0.2) is 60.9 Å². The Morgan fingerprint density at radius 1 is 1.31 bits per heavy atom. The number of hydrogen-bond donors (Lipinski definition) is 1. The van der Waals surface area contributed by atoms with E-state index in [9.17, 15) is 0 Å². The van der Waals surface area contributed by atoms with Gasteiger partial charge in [-0.3, -0.25) is 0 Å². The van der Waals surface area contributed by atoms with E-state index in [4.69, 9.17) is 14.5 Å². The number of ether oxygens (including phenoxy) is 2. The average molecular weight is 437 g/mol. The van der Waals surface area contributed by atoms with Crippen molar-refractivity contribution >= 4 is 17.5 Å². The van der Waals surface area contributed by atoms with E-state index in [1.165, 1.54) is 0 Å². The summed E-state index contributed by atoms with van der Waals surface area (Å²) in [4.78, 5) is 17.9. The Bertz CT molecular complexity index is 1010. The van der Waals surface area contributed by atoms with Crippen LogP contribution >= 0.6 is 0 Å². The Hall–Kier alpha value is -3.55. The number of allylic oxidation sites excluding steroid dienone is 2. The minimum absolute atomic E-state index is 0. The number of hydrogen-bond acceptors (Lipinski definition) is 8. The number of aromatic nitrogens is 3. The van der Waals surface area contributed by atoms with Gasteiger partial charge in [0.25, 0.3) is 0 Å². The summed E-state index contributed by atoms with van der Waals surface area (Å²) in [5, 5.41) is 3.51. The molecule has 1 atom stereocenters. The van der Waals surface area contributed by atoms with Crippen molar-refractivity contribution in [3.63, 3.8) is 0 Å². The van der Waals surface area contributed by atoms with Gasteiger partial charge in [0.05, 0.1) is 19.3 Å². The van der Waals surface area contributed by atoms with Gasteiger partial charge in [-0.2, -0.15) is 4.98 Å². The number of nitrogens with zero attached hydrogens (tertiary/aromatic N) is 5. The normalized spacial score (nSPS) is 19.1. The van der Waals surface area contributed by atoms with Crippen LogP contribution in [-0.2, 0) is 0 Å². The van der Waals surface area contributed by atoms with Crippen molar-refractivity contribution in [2.24, 2.45) is 0 Å². The van der Waals surface area contributed by atoms with Crippen molar-refractivity contribution in [1.82, 2.24) is 15.0 Å². The number of rotatable bonds is 7. The van der Waals surface area contributed by atoms with Crippen molar-refractivity contribution in [3.05, 3.63) is 61.5 Å². The molecule has 32 heavy (non-hydrogen) atoms. The van der Waals surface area contributed by atoms with E-state index in [0.717, 1.165) is 43.0 Å². The first-order chi connectivity index (χ1) is 15.6. The zero-order chi connectivity index (χ0) is 22.5. The van der Waals surface area contributed by atoms with Crippen molar-refractivity contribution in [2.75, 3.05) is 49.0 Å². The molecule has 0 saturated carbocycles. The highest BCUT2D eigenvalue weighted by atomic mass is 16.5. The molecule has 4 heterocycles. The average Bonchev–Trinajstić information content (AvgIpc) is 2.84. The van der Waals surface area contributed by atoms with Crippen LogP contribution in [0.5, 0.6) is 11.6 Å². The third-order valence-corrected chi connectivity index (χ3v) is 5.99. The van der Waals surface area contributed by atoms with Crippen LogP contribution in [0.2, 0.25) is 0 Å². The number of piperidine rings is 1. The Kier molecular flexibility index (Phi) is 6.58. The standard InChI is InChI=1S/C24H30N6O2.H2/c1-5-7-17(6-2)20-16-32-21-15-26-24(28-23(21)29(20)3)27-18-9-12-30(13-10-18)19-8-11-25-22(14-19)31-4;/h5-8,11,14-15,18,20H,1-2,9-10,12-13,16H2,3-4H3,(H,26,27,28);1H/b17-7+;. The summed E-state index contributed by atoms with van der Waals surface area (Å²) in [5.74, 6) is 2.73. The lowest BCUT2D eigenvalue weighted by molar-refractivity contribution is 0.279. The summed E-state index contributed by atoms with van der Waals surface area (Å²) < 4.78 is 11.2. The lowest BCUT2D eigenvalue weighted by Crippen LogP contribution is -2.42. The van der Waals surface area contributed by atoms with Gasteiger partial charge >= 0.3 is 0 Å². The second-order valence-electron chi connectivity index (χ2n) is 7.89. The van der Waals surface area contributed by atoms with E-state index in [2.05, 4.69) is 38.2 Å². The molecule has 2 aromatic rings. The van der Waals surface area contributed by atoms with Crippen molar-refractivity contribution < 1.29 is 10.9 Å². The molecule has 0 spiro atoms. The molecule has 2 aliphatic heterocycles. The first-order valence-corrected chi connectivity index (χ1v) is 10.8. The van der Waals surface area contributed by atoms with E-state index < -0.39 is 0 Å². The first-order valence-electron chi connectivity index (χ1n) is 10.8. The molecule has 0 aliphatic carbocycles. The predicted molar refractivity (Wildman–Crippen MR) is 130 cm³/mol. The molecule has 170 valence electrons. The molecule has 2 aliphatic rings. The molecule has 8 nitrogen and oxygen atoms in total. The van der Waals surface area contributed by atoms with E-state index in [1.54, 1.807) is 25.6 Å². The Morgan fingerprint density at radius 3 is 2.84 bits per heavy atom. The molecule has 1 N–H and O–H groups in total. The molecule has 1 saturated heterocycles. The lowest BCUT2D eigenvalue weighted by Gasteiger charge is -2.36. The molecule has 2 aromatic heterocycles. The van der Waals surface area contributed by atoms with Crippen LogP contribution in [0.1, 0.15) is 14.3 Å². The summed E-state index contributed by atoms with van der Waals surface area (Å²) in [6.07, 6.45) is 11.1. The zero-order valence-electron chi connectivity index (χ0n) is 18.7. The highest BCUT2D eigenvalue weighted by molar-refractivity contribution is 5.58. The van der Waals surface area contributed by atoms with Gasteiger partial charge in [0.2, 0.25) is 11.8 Å². The highest BCUT2D eigenvalue weighted by Gasteiger charge is 2.29. The molecule has 0 bridgehead atoms. The van der Waals surface area contributed by atoms with Gasteiger partial charge in [-0.15, -0.1) is 0 Å². The Balaban J connectivity index is 0.00000306. The SMILES string of the molecule is C=C/C=C(\C=C)C1COc2cnc(NC3CCN(c4ccnc(OC)c4)CC3)nc2N1C.[HH]. The summed E-state index contributed by atoms with van der Waals surface area (Å²) in [5.41, 5.74) is 2.18. The third-order valence-electron chi connectivity index (χ3n) is 5.99. The molecule has 1 fully saturated rings. The van der Waals surface area contributed by atoms with Gasteiger partial charge in [0.1, 0.15) is 6.61 Å². The van der Waals surface area contributed by atoms with Gasteiger partial charge < -0.3 is 24.6 Å². The molecule has 4 rings (SSSR count). The summed E-state index contributed by atoms with van der Waals surface area (Å²) in [6, 6.07) is 4.34. The fraction of sp³-hybridized carbons (Fsp3) is 0.375. The predicted octanol–water partition coefficient (Wildman–Crippen LogP) is 3.70. The van der Waals surface area contributed by atoms with E-state index in [1.807, 2.05) is 31.3 Å². The largest absolute Gasteiger partial charge is 0.486 e. The third kappa shape index (κ3) is 4.54. The van der Waals surface area contributed by atoms with Crippen LogP contribution in [0, 0.1) is 0 Å². The van der Waals surface area contributed by atoms with E-state index >= 15 is 0 Å². The van der Waals surface area contributed by atoms with Crippen LogP contribution in [0.25, 0.3) is 0 Å². The minimum Gasteiger partial charge on any atom is -0.486 e. The van der Waals surface area contributed by atoms with Gasteiger partial charge in [-0.05, 0) is 24.5 Å². The van der Waals surface area contributed by atoms with Crippen molar-refractivity contribution in [3.8, 4) is 11.6 Å². The van der Waals surface area contributed by atoms with Crippen LogP contribution in [0.15, 0.2) is 61.5 Å². The lowest BCUT2D eigenvalue weighted by atomic mass is 10.0. The van der Waals surface area contributed by atoms with Gasteiger partial charge in [-0.25, -0.2) is 9.97 Å². The minimum atomic E-state index is 0. The summed E-state index contributed by atoms with van der Waals surface area (Å²) >= 11 is 0. The second-order valence-corrected chi connectivity index (χ2v) is 7.89. The smallest absolute Gasteiger partial charge is 0.225 e. The fourth-order valence-electron chi connectivity index (χ4n) is 4.16. The van der Waals surface area contributed by atoms with Gasteiger partial charge in [0, 0.05) is 45.6 Å². The van der Waals surface area contributed by atoms with Crippen LogP contribution in [0.3, 0.4) is 0 Å². The monoisotopic (exact) mass is 436 g/mol. The number of anilines is 3. The number of likely N-dealkylation sites (N-methyl/N-ethyl adjacent to an activating group) is 1. The number of methoxy groups -OCH3 is 1. The summed E-state index contributed by atoms with van der Waals surface area (Å²) in [6.45, 7) is 10.1. The quantitative estimate of drug-likeness (QED) is 0.659.